The third-order valence-electron chi connectivity index (χ3n) is 3.75. The van der Waals surface area contributed by atoms with Gasteiger partial charge in [0, 0.05) is 24.8 Å². The third kappa shape index (κ3) is 2.98. The van der Waals surface area contributed by atoms with Crippen LogP contribution in [0.5, 0.6) is 0 Å². The molecule has 0 spiro atoms. The molecule has 1 amide bonds. The monoisotopic (exact) mass is 289 g/mol. The zero-order valence-corrected chi connectivity index (χ0v) is 11.2. The van der Waals surface area contributed by atoms with Crippen molar-refractivity contribution in [3.05, 3.63) is 0 Å². The lowest BCUT2D eigenvalue weighted by atomic mass is 9.87. The summed E-state index contributed by atoms with van der Waals surface area (Å²) in [5, 5.41) is 10.5. The number of carbonyl (C=O) groups is 1. The second kappa shape index (κ2) is 5.50. The quantitative estimate of drug-likeness (QED) is 0.805. The summed E-state index contributed by atoms with van der Waals surface area (Å²) in [5.41, 5.74) is 0. The predicted molar refractivity (Wildman–Crippen MR) is 66.4 cm³/mol. The van der Waals surface area contributed by atoms with Crippen LogP contribution in [0.25, 0.3) is 0 Å². The lowest BCUT2D eigenvalue weighted by Crippen LogP contribution is -2.34. The van der Waals surface area contributed by atoms with Gasteiger partial charge in [-0.25, -0.2) is 0 Å². The van der Waals surface area contributed by atoms with Gasteiger partial charge in [0.2, 0.25) is 5.91 Å². The Bertz CT molecular complexity index is 259. The number of rotatable bonds is 3. The molecule has 1 aliphatic heterocycles. The summed E-state index contributed by atoms with van der Waals surface area (Å²) in [4.78, 5) is 13.7. The van der Waals surface area contributed by atoms with Gasteiger partial charge in [-0.15, -0.1) is 0 Å². The molecule has 0 aromatic carbocycles. The Hall–Kier alpha value is -0.0900. The molecular formula is C12H20BrNO2. The topological polar surface area (TPSA) is 40.5 Å². The number of likely N-dealkylation sites (tertiary alicyclic amines) is 1. The van der Waals surface area contributed by atoms with E-state index in [2.05, 4.69) is 15.9 Å². The van der Waals surface area contributed by atoms with E-state index in [1.54, 1.807) is 0 Å². The average molecular weight is 290 g/mol. The van der Waals surface area contributed by atoms with E-state index in [1.165, 1.54) is 6.42 Å². The molecular weight excluding hydrogens is 270 g/mol. The van der Waals surface area contributed by atoms with E-state index < -0.39 is 0 Å². The first-order valence-corrected chi connectivity index (χ1v) is 7.33. The van der Waals surface area contributed by atoms with Crippen molar-refractivity contribution in [3.8, 4) is 0 Å². The summed E-state index contributed by atoms with van der Waals surface area (Å²) in [5.74, 6) is 1.30. The van der Waals surface area contributed by atoms with E-state index in [1.807, 2.05) is 4.90 Å². The number of amides is 1. The first-order chi connectivity index (χ1) is 7.69. The van der Waals surface area contributed by atoms with Crippen molar-refractivity contribution in [3.63, 3.8) is 0 Å². The molecule has 0 radical (unpaired) electrons. The van der Waals surface area contributed by atoms with E-state index in [0.717, 1.165) is 37.7 Å². The molecule has 0 bridgehead atoms. The van der Waals surface area contributed by atoms with Crippen LogP contribution in [0.3, 0.4) is 0 Å². The van der Waals surface area contributed by atoms with Gasteiger partial charge in [-0.2, -0.15) is 0 Å². The molecule has 2 fully saturated rings. The first-order valence-electron chi connectivity index (χ1n) is 6.21. The smallest absolute Gasteiger partial charge is 0.222 e. The minimum Gasteiger partial charge on any atom is -0.393 e. The predicted octanol–water partition coefficient (Wildman–Crippen LogP) is 1.78. The van der Waals surface area contributed by atoms with Crippen molar-refractivity contribution in [1.82, 2.24) is 4.90 Å². The molecule has 16 heavy (non-hydrogen) atoms. The van der Waals surface area contributed by atoms with Crippen LogP contribution >= 0.6 is 15.9 Å². The number of halogens is 1. The first kappa shape index (κ1) is 12.4. The van der Waals surface area contributed by atoms with Gasteiger partial charge in [0.15, 0.2) is 0 Å². The number of hydrogen-bond acceptors (Lipinski definition) is 2. The minimum absolute atomic E-state index is 0.136. The summed E-state index contributed by atoms with van der Waals surface area (Å²) in [6.07, 6.45) is 4.65. The Balaban J connectivity index is 1.82. The lowest BCUT2D eigenvalue weighted by molar-refractivity contribution is -0.128. The molecule has 0 aromatic heterocycles. The average Bonchev–Trinajstić information content (AvgIpc) is 2.60. The summed E-state index contributed by atoms with van der Waals surface area (Å²) >= 11 is 3.45. The molecule has 92 valence electrons. The van der Waals surface area contributed by atoms with Gasteiger partial charge >= 0.3 is 0 Å². The van der Waals surface area contributed by atoms with Crippen LogP contribution < -0.4 is 0 Å². The second-order valence-corrected chi connectivity index (χ2v) is 5.86. The van der Waals surface area contributed by atoms with Crippen molar-refractivity contribution in [1.29, 1.82) is 0 Å². The molecule has 4 heteroatoms. The minimum atomic E-state index is -0.136. The number of aliphatic hydroxyl groups is 1. The molecule has 1 saturated carbocycles. The zero-order valence-electron chi connectivity index (χ0n) is 9.57. The molecule has 3 unspecified atom stereocenters. The molecule has 3 nitrogen and oxygen atoms in total. The molecule has 1 saturated heterocycles. The Labute approximate surface area is 105 Å². The van der Waals surface area contributed by atoms with Crippen LogP contribution in [0.2, 0.25) is 0 Å². The van der Waals surface area contributed by atoms with E-state index in [4.69, 9.17) is 0 Å². The van der Waals surface area contributed by atoms with Gasteiger partial charge in [-0.3, -0.25) is 4.79 Å². The normalized spacial score (nSPS) is 35.8. The molecule has 2 aliphatic rings. The fourth-order valence-electron chi connectivity index (χ4n) is 2.87. The maximum absolute atomic E-state index is 11.7. The molecule has 3 atom stereocenters. The Morgan fingerprint density at radius 1 is 1.38 bits per heavy atom. The van der Waals surface area contributed by atoms with Gasteiger partial charge in [0.05, 0.1) is 6.10 Å². The van der Waals surface area contributed by atoms with Gasteiger partial charge in [-0.05, 0) is 31.1 Å². The zero-order chi connectivity index (χ0) is 11.5. The van der Waals surface area contributed by atoms with Crippen LogP contribution in [0.15, 0.2) is 0 Å². The standard InChI is InChI=1S/C12H20BrNO2/c13-6-10-5-12(16)14(8-10)7-9-2-1-3-11(15)4-9/h9-11,15H,1-8H2. The van der Waals surface area contributed by atoms with E-state index in [9.17, 15) is 9.90 Å². The Kier molecular flexibility index (Phi) is 4.25. The van der Waals surface area contributed by atoms with Crippen LogP contribution in [0.4, 0.5) is 0 Å². The molecule has 1 aliphatic carbocycles. The van der Waals surface area contributed by atoms with E-state index in [-0.39, 0.29) is 6.10 Å². The Morgan fingerprint density at radius 2 is 2.19 bits per heavy atom. The Morgan fingerprint density at radius 3 is 2.81 bits per heavy atom. The molecule has 0 aromatic rings. The number of hydrogen-bond donors (Lipinski definition) is 1. The summed E-state index contributed by atoms with van der Waals surface area (Å²) in [6, 6.07) is 0. The van der Waals surface area contributed by atoms with E-state index >= 15 is 0 Å². The molecule has 2 rings (SSSR count). The molecule has 1 heterocycles. The number of carbonyl (C=O) groups excluding carboxylic acids is 1. The largest absolute Gasteiger partial charge is 0.393 e. The number of nitrogens with zero attached hydrogens (tertiary/aromatic N) is 1. The fourth-order valence-corrected chi connectivity index (χ4v) is 3.31. The van der Waals surface area contributed by atoms with Crippen LogP contribution in [-0.2, 0) is 4.79 Å². The highest BCUT2D eigenvalue weighted by molar-refractivity contribution is 9.09. The van der Waals surface area contributed by atoms with Crippen LogP contribution in [-0.4, -0.2) is 40.4 Å². The maximum Gasteiger partial charge on any atom is 0.222 e. The summed E-state index contributed by atoms with van der Waals surface area (Å²) in [6.45, 7) is 1.76. The SMILES string of the molecule is O=C1CC(CBr)CN1CC1CCCC(O)C1. The van der Waals surface area contributed by atoms with Crippen molar-refractivity contribution < 1.29 is 9.90 Å². The van der Waals surface area contributed by atoms with Crippen molar-refractivity contribution in [2.75, 3.05) is 18.4 Å². The van der Waals surface area contributed by atoms with Gasteiger partial charge in [0.1, 0.15) is 0 Å². The van der Waals surface area contributed by atoms with Crippen molar-refractivity contribution >= 4 is 21.8 Å². The highest BCUT2D eigenvalue weighted by atomic mass is 79.9. The van der Waals surface area contributed by atoms with Crippen LogP contribution in [0, 0.1) is 11.8 Å². The van der Waals surface area contributed by atoms with E-state index in [0.29, 0.717) is 24.2 Å². The number of alkyl halides is 1. The fraction of sp³-hybridized carbons (Fsp3) is 0.917. The van der Waals surface area contributed by atoms with Crippen molar-refractivity contribution in [2.45, 2.75) is 38.2 Å². The van der Waals surface area contributed by atoms with Gasteiger partial charge in [0.25, 0.3) is 0 Å². The van der Waals surface area contributed by atoms with Crippen LogP contribution in [0.1, 0.15) is 32.1 Å². The highest BCUT2D eigenvalue weighted by Gasteiger charge is 2.31. The van der Waals surface area contributed by atoms with Gasteiger partial charge < -0.3 is 10.0 Å². The third-order valence-corrected chi connectivity index (χ3v) is 4.66. The summed E-state index contributed by atoms with van der Waals surface area (Å²) in [7, 11) is 0. The van der Waals surface area contributed by atoms with Gasteiger partial charge in [-0.1, -0.05) is 22.4 Å². The maximum atomic E-state index is 11.7. The molecule has 1 N–H and O–H groups in total. The summed E-state index contributed by atoms with van der Waals surface area (Å²) < 4.78 is 0. The number of aliphatic hydroxyl groups excluding tert-OH is 1. The highest BCUT2D eigenvalue weighted by Crippen LogP contribution is 2.28. The second-order valence-electron chi connectivity index (χ2n) is 5.21. The van der Waals surface area contributed by atoms with Crippen molar-refractivity contribution in [2.24, 2.45) is 11.8 Å². The lowest BCUT2D eigenvalue weighted by Gasteiger charge is -2.29.